The van der Waals surface area contributed by atoms with Gasteiger partial charge in [0.15, 0.2) is 0 Å². The molecule has 9 rings (SSSR count). The number of fused-ring (bicyclic) bond motifs is 8. The van der Waals surface area contributed by atoms with Gasteiger partial charge >= 0.3 is 17.1 Å². The van der Waals surface area contributed by atoms with Crippen LogP contribution < -0.4 is 56.3 Å². The largest absolute Gasteiger partial charge is 3.00 e. The second-order valence-electron chi connectivity index (χ2n) is 13.1. The van der Waals surface area contributed by atoms with Crippen LogP contribution in [0.4, 0.5) is 8.78 Å². The third-order valence-electron chi connectivity index (χ3n) is 9.69. The molecule has 2 aliphatic heterocycles. The van der Waals surface area contributed by atoms with Crippen molar-refractivity contribution in [2.24, 2.45) is 28.2 Å². The molecule has 8 bridgehead atoms. The van der Waals surface area contributed by atoms with Gasteiger partial charge in [0.05, 0.1) is 62.1 Å². The summed E-state index contributed by atoms with van der Waals surface area (Å²) >= 11 is 0. The monoisotopic (exact) mass is 846 g/mol. The van der Waals surface area contributed by atoms with E-state index >= 15 is 0 Å². The Balaban J connectivity index is 0.00000150. The third kappa shape index (κ3) is 7.13. The van der Waals surface area contributed by atoms with Gasteiger partial charge in [-0.3, -0.25) is 0 Å². The molecule has 5 aromatic heterocycles. The van der Waals surface area contributed by atoms with Gasteiger partial charge in [-0.1, -0.05) is 48.5 Å². The number of rotatable bonds is 4. The molecule has 2 aromatic carbocycles. The normalized spacial score (nSPS) is 11.4. The molecule has 7 heterocycles. The number of aryl methyl sites for hydroxylation is 4. The molecular weight excluding hydrogens is 816 g/mol. The summed E-state index contributed by atoms with van der Waals surface area (Å²) in [4.78, 5) is 21.0. The van der Waals surface area contributed by atoms with E-state index in [1.54, 1.807) is 24.3 Å². The van der Waals surface area contributed by atoms with Gasteiger partial charge in [0.1, 0.15) is 36.4 Å². The molecule has 0 unspecified atom stereocenters. The van der Waals surface area contributed by atoms with Gasteiger partial charge in [-0.15, -0.1) is 22.1 Å². The quantitative estimate of drug-likeness (QED) is 0.155. The van der Waals surface area contributed by atoms with E-state index in [2.05, 4.69) is 0 Å². The van der Waals surface area contributed by atoms with Crippen LogP contribution >= 0.6 is 0 Å². The second-order valence-corrected chi connectivity index (χ2v) is 13.1. The Labute approximate surface area is 351 Å². The molecule has 0 atom stereocenters. The molecule has 0 N–H and O–H groups in total. The summed E-state index contributed by atoms with van der Waals surface area (Å²) in [7, 11) is 7.97. The van der Waals surface area contributed by atoms with Gasteiger partial charge in [0.25, 0.3) is 11.6 Å². The van der Waals surface area contributed by atoms with Gasteiger partial charge < -0.3 is 47.2 Å². The molecule has 0 aliphatic carbocycles. The molecule has 0 fully saturated rings. The molecule has 14 heteroatoms. The van der Waals surface area contributed by atoms with Crippen molar-refractivity contribution in [3.63, 3.8) is 0 Å². The summed E-state index contributed by atoms with van der Waals surface area (Å²) in [5, 5.41) is 0. The Kier molecular flexibility index (Phi) is 12.3. The summed E-state index contributed by atoms with van der Waals surface area (Å²) < 4.78 is 36.7. The molecule has 282 valence electrons. The van der Waals surface area contributed by atoms with E-state index in [1.165, 1.54) is 24.3 Å². The van der Waals surface area contributed by atoms with Crippen LogP contribution in [0, 0.1) is 11.6 Å². The van der Waals surface area contributed by atoms with E-state index in [0.717, 1.165) is 67.5 Å². The van der Waals surface area contributed by atoms with E-state index < -0.39 is 0 Å². The minimum absolute atomic E-state index is 0. The third-order valence-corrected chi connectivity index (χ3v) is 9.69. The van der Waals surface area contributed by atoms with E-state index in [4.69, 9.17) is 19.9 Å². The van der Waals surface area contributed by atoms with Gasteiger partial charge in [-0.2, -0.15) is 0 Å². The van der Waals surface area contributed by atoms with Crippen LogP contribution in [0.2, 0.25) is 0 Å². The first kappa shape index (κ1) is 41.9. The Morgan fingerprint density at radius 3 is 1.09 bits per heavy atom. The van der Waals surface area contributed by atoms with Crippen molar-refractivity contribution in [1.82, 2.24) is 29.1 Å². The standard InChI is InChI=1S/C42H32F2N8.3ClH.Mn/c1-49-21-22-50(2)41(49)39-33-17-13-29(45-33)37(25-5-9-27(43)10-6-25)31-15-19-35(47-31)40(42-51(3)23-24-52(42)4)36-20-16-32(48-36)38(30-14-18-34(39)46-30)26-7-11-28(44)12-8-26;;;;/h5-24H,1-4H3;3*1H;/q;;;;+3/p-3. The van der Waals surface area contributed by atoms with Crippen LogP contribution in [-0.4, -0.2) is 19.1 Å². The number of nitrogens with zero attached hydrogens (tertiary/aromatic N) is 8. The van der Waals surface area contributed by atoms with Crippen LogP contribution in [0.3, 0.4) is 0 Å². The topological polar surface area (TPSA) is 71.6 Å². The van der Waals surface area contributed by atoms with Crippen molar-refractivity contribution in [2.75, 3.05) is 0 Å². The Bertz CT molecular complexity index is 2580. The fraction of sp³-hybridized carbons (Fsp3) is 0.0952. The Hall–Kier alpha value is -5.29. The predicted molar refractivity (Wildman–Crippen MR) is 199 cm³/mol. The number of benzene rings is 2. The summed E-state index contributed by atoms with van der Waals surface area (Å²) in [5.74, 6) is 1.16. The van der Waals surface area contributed by atoms with Crippen molar-refractivity contribution in [3.05, 3.63) is 132 Å². The molecule has 7 aromatic rings. The molecule has 0 radical (unpaired) electrons. The SMILES string of the molecule is Cn1cc[n+](C)c1-c1c2nc(c(-c3ccc(F)cc3)c3ccc([n-]3)c(-c3n(C)cc[n+]3C)c3nc(c(-c4ccc(F)cc4)c4ccc1[n-]4)C=C3)C=C2.[Cl-].[Cl-].[Cl-].[Mn+3]. The summed E-state index contributed by atoms with van der Waals surface area (Å²) in [6.45, 7) is 0. The van der Waals surface area contributed by atoms with Crippen LogP contribution in [0.5, 0.6) is 0 Å². The first-order valence-electron chi connectivity index (χ1n) is 16.8. The van der Waals surface area contributed by atoms with E-state index in [9.17, 15) is 8.78 Å². The first-order valence-corrected chi connectivity index (χ1v) is 16.8. The van der Waals surface area contributed by atoms with Crippen molar-refractivity contribution in [3.8, 4) is 45.0 Å². The van der Waals surface area contributed by atoms with Crippen LogP contribution in [0.15, 0.2) is 97.6 Å². The predicted octanol–water partition coefficient (Wildman–Crippen LogP) is -1.80. The van der Waals surface area contributed by atoms with Crippen molar-refractivity contribution >= 4 is 46.4 Å². The molecule has 0 saturated carbocycles. The maximum Gasteiger partial charge on any atom is 3.00 e. The number of imidazole rings is 2. The van der Waals surface area contributed by atoms with Gasteiger partial charge in [0, 0.05) is 0 Å². The minimum Gasteiger partial charge on any atom is -1.00 e. The van der Waals surface area contributed by atoms with Gasteiger partial charge in [-0.05, 0) is 70.8 Å². The fourth-order valence-electron chi connectivity index (χ4n) is 7.26. The average Bonchev–Trinajstić information content (AvgIpc) is 4.00. The zero-order valence-corrected chi connectivity index (χ0v) is 33.8. The van der Waals surface area contributed by atoms with Crippen LogP contribution in [-0.2, 0) is 45.3 Å². The molecule has 0 saturated heterocycles. The van der Waals surface area contributed by atoms with Crippen molar-refractivity contribution in [1.29, 1.82) is 0 Å². The summed E-state index contributed by atoms with van der Waals surface area (Å²) in [6, 6.07) is 20.8. The molecule has 8 nitrogen and oxygen atoms in total. The van der Waals surface area contributed by atoms with Crippen LogP contribution in [0.25, 0.3) is 91.4 Å². The zero-order valence-electron chi connectivity index (χ0n) is 30.4. The van der Waals surface area contributed by atoms with Gasteiger partial charge in [0.2, 0.25) is 0 Å². The van der Waals surface area contributed by atoms with Gasteiger partial charge in [-0.25, -0.2) is 37.0 Å². The minimum atomic E-state index is -0.323. The molecule has 2 aliphatic rings. The number of hydrogen-bond donors (Lipinski definition) is 0. The Morgan fingerprint density at radius 2 is 0.786 bits per heavy atom. The number of halogens is 5. The first-order chi connectivity index (χ1) is 25.2. The fourth-order valence-corrected chi connectivity index (χ4v) is 7.26. The molecule has 0 spiro atoms. The van der Waals surface area contributed by atoms with E-state index in [0.29, 0.717) is 22.4 Å². The molecule has 0 amide bonds. The number of aromatic nitrogens is 8. The summed E-state index contributed by atoms with van der Waals surface area (Å²) in [5.41, 5.74) is 10.4. The summed E-state index contributed by atoms with van der Waals surface area (Å²) in [6.07, 6.45) is 15.9. The maximum absolute atomic E-state index is 14.3. The number of hydrogen-bond acceptors (Lipinski definition) is 2. The van der Waals surface area contributed by atoms with Crippen molar-refractivity contribution < 1.29 is 72.2 Å². The smallest absolute Gasteiger partial charge is 1.00 e. The molecule has 56 heavy (non-hydrogen) atoms. The van der Waals surface area contributed by atoms with Crippen LogP contribution in [0.1, 0.15) is 22.8 Å². The van der Waals surface area contributed by atoms with Crippen molar-refractivity contribution in [2.45, 2.75) is 0 Å². The zero-order chi connectivity index (χ0) is 35.7. The Morgan fingerprint density at radius 1 is 0.482 bits per heavy atom. The average molecular weight is 848 g/mol. The second kappa shape index (κ2) is 16.4. The van der Waals surface area contributed by atoms with E-state index in [1.807, 2.05) is 120 Å². The van der Waals surface area contributed by atoms with E-state index in [-0.39, 0.29) is 65.9 Å². The molecular formula is C42H32Cl3F2MnN8. The maximum atomic E-state index is 14.3.